The number of carbonyl (C=O) groups is 2. The predicted molar refractivity (Wildman–Crippen MR) is 58.7 cm³/mol. The molecule has 14 heavy (non-hydrogen) atoms. The van der Waals surface area contributed by atoms with Gasteiger partial charge in [0.2, 0.25) is 0 Å². The van der Waals surface area contributed by atoms with Crippen molar-refractivity contribution in [3.8, 4) is 0 Å². The van der Waals surface area contributed by atoms with Gasteiger partial charge in [-0.05, 0) is 41.8 Å². The second kappa shape index (κ2) is 5.27. The van der Waals surface area contributed by atoms with Crippen LogP contribution in [0.2, 0.25) is 0 Å². The van der Waals surface area contributed by atoms with Crippen LogP contribution in [0.15, 0.2) is 22.7 Å². The molecule has 0 N–H and O–H groups in total. The topological polar surface area (TPSA) is 34.1 Å². The molecular weight excluding hydrogens is 267 g/mol. The Hall–Kier alpha value is -0.670. The summed E-state index contributed by atoms with van der Waals surface area (Å²) in [4.78, 5) is 21.2. The van der Waals surface area contributed by atoms with Crippen LogP contribution in [0.25, 0.3) is 0 Å². The monoisotopic (exact) mass is 274 g/mol. The lowest BCUT2D eigenvalue weighted by molar-refractivity contribution is -0.107. The lowest BCUT2D eigenvalue weighted by Crippen LogP contribution is -1.98. The summed E-state index contributed by atoms with van der Waals surface area (Å²) in [7, 11) is 0. The van der Waals surface area contributed by atoms with E-state index in [2.05, 4.69) is 15.9 Å². The van der Waals surface area contributed by atoms with Crippen molar-refractivity contribution >= 4 is 39.1 Å². The molecule has 0 aromatic heterocycles. The van der Waals surface area contributed by atoms with Crippen LogP contribution >= 0.6 is 27.5 Å². The van der Waals surface area contributed by atoms with Crippen LogP contribution in [0.4, 0.5) is 0 Å². The molecule has 2 nitrogen and oxygen atoms in total. The minimum Gasteiger partial charge on any atom is -0.303 e. The molecule has 1 aromatic rings. The van der Waals surface area contributed by atoms with E-state index in [4.69, 9.17) is 11.6 Å². The van der Waals surface area contributed by atoms with Crippen LogP contribution in [-0.2, 0) is 11.2 Å². The third-order valence-electron chi connectivity index (χ3n) is 1.81. The summed E-state index contributed by atoms with van der Waals surface area (Å²) in [6.07, 6.45) is 1.76. The van der Waals surface area contributed by atoms with Gasteiger partial charge in [0.15, 0.2) is 0 Å². The van der Waals surface area contributed by atoms with E-state index in [-0.39, 0.29) is 0 Å². The van der Waals surface area contributed by atoms with Gasteiger partial charge in [-0.15, -0.1) is 0 Å². The standard InChI is InChI=1S/C10H8BrClO2/c11-8-3-4-9(10(12)14)7(6-8)2-1-5-13/h3-6H,1-2H2. The Morgan fingerprint density at radius 2 is 2.21 bits per heavy atom. The largest absolute Gasteiger partial charge is 0.303 e. The predicted octanol–water partition coefficient (Wildman–Crippen LogP) is 2.96. The molecule has 0 amide bonds. The molecule has 1 aromatic carbocycles. The zero-order valence-electron chi connectivity index (χ0n) is 7.30. The van der Waals surface area contributed by atoms with Crippen molar-refractivity contribution < 1.29 is 9.59 Å². The molecule has 0 aliphatic heterocycles. The number of benzene rings is 1. The molecule has 0 heterocycles. The normalized spacial score (nSPS) is 9.86. The lowest BCUT2D eigenvalue weighted by Gasteiger charge is -2.04. The van der Waals surface area contributed by atoms with Gasteiger partial charge in [-0.2, -0.15) is 0 Å². The maximum absolute atomic E-state index is 11.0. The zero-order chi connectivity index (χ0) is 10.6. The van der Waals surface area contributed by atoms with Crippen LogP contribution in [0, 0.1) is 0 Å². The lowest BCUT2D eigenvalue weighted by atomic mass is 10.0. The Balaban J connectivity index is 3.02. The van der Waals surface area contributed by atoms with Crippen molar-refractivity contribution in [1.29, 1.82) is 0 Å². The van der Waals surface area contributed by atoms with Crippen LogP contribution in [0.5, 0.6) is 0 Å². The van der Waals surface area contributed by atoms with E-state index in [1.165, 1.54) is 0 Å². The smallest absolute Gasteiger partial charge is 0.252 e. The summed E-state index contributed by atoms with van der Waals surface area (Å²) in [5.74, 6) is 0. The molecule has 1 rings (SSSR count). The first kappa shape index (κ1) is 11.4. The van der Waals surface area contributed by atoms with Crippen molar-refractivity contribution in [2.75, 3.05) is 0 Å². The molecule has 0 aliphatic rings. The van der Waals surface area contributed by atoms with E-state index in [0.29, 0.717) is 18.4 Å². The summed E-state index contributed by atoms with van der Waals surface area (Å²) < 4.78 is 0.875. The molecule has 74 valence electrons. The molecule has 0 spiro atoms. The number of carbonyl (C=O) groups excluding carboxylic acids is 2. The van der Waals surface area contributed by atoms with Gasteiger partial charge in [0.05, 0.1) is 0 Å². The van der Waals surface area contributed by atoms with E-state index in [9.17, 15) is 9.59 Å². The Labute approximate surface area is 95.4 Å². The minimum absolute atomic E-state index is 0.396. The molecule has 0 saturated carbocycles. The highest BCUT2D eigenvalue weighted by molar-refractivity contribution is 9.10. The van der Waals surface area contributed by atoms with Crippen molar-refractivity contribution in [3.63, 3.8) is 0 Å². The molecular formula is C10H8BrClO2. The van der Waals surface area contributed by atoms with E-state index < -0.39 is 5.24 Å². The summed E-state index contributed by atoms with van der Waals surface area (Å²) >= 11 is 8.69. The van der Waals surface area contributed by atoms with E-state index in [1.807, 2.05) is 0 Å². The van der Waals surface area contributed by atoms with Crippen LogP contribution in [0.3, 0.4) is 0 Å². The highest BCUT2D eigenvalue weighted by atomic mass is 79.9. The van der Waals surface area contributed by atoms with Gasteiger partial charge in [0.25, 0.3) is 5.24 Å². The average Bonchev–Trinajstić information content (AvgIpc) is 2.14. The third-order valence-corrected chi connectivity index (χ3v) is 2.51. The van der Waals surface area contributed by atoms with E-state index >= 15 is 0 Å². The van der Waals surface area contributed by atoms with Crippen LogP contribution in [-0.4, -0.2) is 11.5 Å². The van der Waals surface area contributed by atoms with Gasteiger partial charge >= 0.3 is 0 Å². The van der Waals surface area contributed by atoms with Crippen molar-refractivity contribution in [2.24, 2.45) is 0 Å². The fourth-order valence-corrected chi connectivity index (χ4v) is 1.77. The second-order valence-corrected chi connectivity index (χ2v) is 4.04. The Bertz CT molecular complexity index is 363. The average molecular weight is 276 g/mol. The van der Waals surface area contributed by atoms with Crippen LogP contribution < -0.4 is 0 Å². The van der Waals surface area contributed by atoms with E-state index in [1.54, 1.807) is 18.2 Å². The first-order chi connectivity index (χ1) is 6.65. The Kier molecular flexibility index (Phi) is 4.29. The summed E-state index contributed by atoms with van der Waals surface area (Å²) in [6, 6.07) is 5.21. The second-order valence-electron chi connectivity index (χ2n) is 2.78. The highest BCUT2D eigenvalue weighted by Crippen LogP contribution is 2.19. The van der Waals surface area contributed by atoms with Gasteiger partial charge in [-0.25, -0.2) is 0 Å². The molecule has 0 fully saturated rings. The summed E-state index contributed by atoms with van der Waals surface area (Å²) in [5.41, 5.74) is 1.27. The van der Waals surface area contributed by atoms with Crippen LogP contribution in [0.1, 0.15) is 22.3 Å². The molecule has 0 aliphatic carbocycles. The Morgan fingerprint density at radius 1 is 1.50 bits per heavy atom. The Morgan fingerprint density at radius 3 is 2.79 bits per heavy atom. The maximum atomic E-state index is 11.0. The van der Waals surface area contributed by atoms with Crippen molar-refractivity contribution in [3.05, 3.63) is 33.8 Å². The third kappa shape index (κ3) is 2.93. The molecule has 0 saturated heterocycles. The maximum Gasteiger partial charge on any atom is 0.252 e. The van der Waals surface area contributed by atoms with Crippen molar-refractivity contribution in [2.45, 2.75) is 12.8 Å². The SMILES string of the molecule is O=CCCc1cc(Br)ccc1C(=O)Cl. The fraction of sp³-hybridized carbons (Fsp3) is 0.200. The van der Waals surface area contributed by atoms with Crippen molar-refractivity contribution in [1.82, 2.24) is 0 Å². The minimum atomic E-state index is -0.488. The first-order valence-electron chi connectivity index (χ1n) is 4.07. The number of aryl methyl sites for hydroxylation is 1. The number of rotatable bonds is 4. The van der Waals surface area contributed by atoms with Gasteiger partial charge in [0, 0.05) is 16.5 Å². The van der Waals surface area contributed by atoms with Gasteiger partial charge in [-0.1, -0.05) is 15.9 Å². The van der Waals surface area contributed by atoms with Gasteiger partial charge in [0.1, 0.15) is 6.29 Å². The quantitative estimate of drug-likeness (QED) is 0.625. The number of halogens is 2. The first-order valence-corrected chi connectivity index (χ1v) is 5.24. The summed E-state index contributed by atoms with van der Waals surface area (Å²) in [5, 5.41) is -0.488. The molecule has 0 unspecified atom stereocenters. The van der Waals surface area contributed by atoms with Gasteiger partial charge < -0.3 is 4.79 Å². The number of hydrogen-bond acceptors (Lipinski definition) is 2. The number of hydrogen-bond donors (Lipinski definition) is 0. The number of aldehydes is 1. The molecule has 0 atom stereocenters. The molecule has 0 bridgehead atoms. The zero-order valence-corrected chi connectivity index (χ0v) is 9.64. The highest BCUT2D eigenvalue weighted by Gasteiger charge is 2.08. The van der Waals surface area contributed by atoms with E-state index in [0.717, 1.165) is 16.3 Å². The summed E-state index contributed by atoms with van der Waals surface area (Å²) in [6.45, 7) is 0. The van der Waals surface area contributed by atoms with Gasteiger partial charge in [-0.3, -0.25) is 4.79 Å². The molecule has 4 heteroatoms. The molecule has 0 radical (unpaired) electrons. The fourth-order valence-electron chi connectivity index (χ4n) is 1.18.